The zero-order valence-electron chi connectivity index (χ0n) is 15.3. The Morgan fingerprint density at radius 3 is 2.30 bits per heavy atom. The standard InChI is InChI=1S/C20H16BrN3O5S/c21-15-6-10-17(11-7-15)30(28,29)24-16-8-4-13(5-9-16)20(27)23-22-12-14-2-1-3-18(25)19(14)26/h1-12,24-26H,(H,23,27)/b22-12+. The minimum atomic E-state index is -3.75. The number of rotatable bonds is 6. The van der Waals surface area contributed by atoms with E-state index in [2.05, 4.69) is 31.2 Å². The number of aromatic hydroxyl groups is 2. The van der Waals surface area contributed by atoms with E-state index in [-0.39, 0.29) is 27.5 Å². The lowest BCUT2D eigenvalue weighted by atomic mass is 10.2. The van der Waals surface area contributed by atoms with Crippen LogP contribution in [0.5, 0.6) is 11.5 Å². The van der Waals surface area contributed by atoms with Crippen LogP contribution in [0.3, 0.4) is 0 Å². The predicted molar refractivity (Wildman–Crippen MR) is 116 cm³/mol. The molecule has 0 fully saturated rings. The van der Waals surface area contributed by atoms with Crippen LogP contribution in [-0.4, -0.2) is 30.8 Å². The van der Waals surface area contributed by atoms with E-state index in [1.807, 2.05) is 0 Å². The lowest BCUT2D eigenvalue weighted by Crippen LogP contribution is -2.18. The van der Waals surface area contributed by atoms with E-state index >= 15 is 0 Å². The quantitative estimate of drug-likeness (QED) is 0.239. The number of hydrogen-bond acceptors (Lipinski definition) is 6. The van der Waals surface area contributed by atoms with Crippen molar-refractivity contribution < 1.29 is 23.4 Å². The number of phenolic OH excluding ortho intramolecular Hbond substituents is 2. The Balaban J connectivity index is 1.65. The van der Waals surface area contributed by atoms with Crippen molar-refractivity contribution in [3.63, 3.8) is 0 Å². The SMILES string of the molecule is O=C(N/N=C/c1cccc(O)c1O)c1ccc(NS(=O)(=O)c2ccc(Br)cc2)cc1. The van der Waals surface area contributed by atoms with Gasteiger partial charge in [0.15, 0.2) is 11.5 Å². The summed E-state index contributed by atoms with van der Waals surface area (Å²) in [5, 5.41) is 22.9. The molecule has 4 N–H and O–H groups in total. The summed E-state index contributed by atoms with van der Waals surface area (Å²) in [6.45, 7) is 0. The van der Waals surface area contributed by atoms with Gasteiger partial charge >= 0.3 is 0 Å². The fraction of sp³-hybridized carbons (Fsp3) is 0. The third-order valence-electron chi connectivity index (χ3n) is 3.94. The second-order valence-corrected chi connectivity index (χ2v) is 8.65. The van der Waals surface area contributed by atoms with E-state index in [9.17, 15) is 23.4 Å². The molecule has 0 saturated carbocycles. The lowest BCUT2D eigenvalue weighted by molar-refractivity contribution is 0.0955. The van der Waals surface area contributed by atoms with Gasteiger partial charge in [-0.25, -0.2) is 13.8 Å². The van der Waals surface area contributed by atoms with Crippen LogP contribution in [0.25, 0.3) is 0 Å². The van der Waals surface area contributed by atoms with Crippen molar-refractivity contribution in [3.8, 4) is 11.5 Å². The lowest BCUT2D eigenvalue weighted by Gasteiger charge is -2.09. The third kappa shape index (κ3) is 5.16. The molecule has 3 aromatic carbocycles. The smallest absolute Gasteiger partial charge is 0.271 e. The molecule has 8 nitrogen and oxygen atoms in total. The summed E-state index contributed by atoms with van der Waals surface area (Å²) in [5.74, 6) is -1.18. The number of nitrogens with one attached hydrogen (secondary N) is 2. The van der Waals surface area contributed by atoms with Crippen LogP contribution in [0, 0.1) is 0 Å². The molecule has 0 aliphatic carbocycles. The second-order valence-electron chi connectivity index (χ2n) is 6.05. The first-order chi connectivity index (χ1) is 14.3. The number of para-hydroxylation sites is 1. The number of phenols is 2. The number of halogens is 1. The van der Waals surface area contributed by atoms with Crippen molar-refractivity contribution in [1.82, 2.24) is 5.43 Å². The van der Waals surface area contributed by atoms with E-state index in [1.165, 1.54) is 60.8 Å². The third-order valence-corrected chi connectivity index (χ3v) is 5.86. The van der Waals surface area contributed by atoms with Gasteiger partial charge in [0.05, 0.1) is 11.1 Å². The molecule has 0 heterocycles. The van der Waals surface area contributed by atoms with Crippen LogP contribution in [0.4, 0.5) is 5.69 Å². The van der Waals surface area contributed by atoms with Gasteiger partial charge in [0.2, 0.25) is 0 Å². The highest BCUT2D eigenvalue weighted by Crippen LogP contribution is 2.26. The summed E-state index contributed by atoms with van der Waals surface area (Å²) >= 11 is 3.25. The Labute approximate surface area is 181 Å². The summed E-state index contributed by atoms with van der Waals surface area (Å²) in [6.07, 6.45) is 1.19. The average Bonchev–Trinajstić information content (AvgIpc) is 2.71. The molecule has 30 heavy (non-hydrogen) atoms. The van der Waals surface area contributed by atoms with Crippen LogP contribution in [0.1, 0.15) is 15.9 Å². The minimum Gasteiger partial charge on any atom is -0.504 e. The van der Waals surface area contributed by atoms with Gasteiger partial charge in [0.25, 0.3) is 15.9 Å². The molecule has 1 amide bonds. The molecule has 0 bridgehead atoms. The monoisotopic (exact) mass is 489 g/mol. The first kappa shape index (κ1) is 21.3. The molecule has 0 unspecified atom stereocenters. The Morgan fingerprint density at radius 2 is 1.63 bits per heavy atom. The van der Waals surface area contributed by atoms with Gasteiger partial charge in [0, 0.05) is 21.3 Å². The Kier molecular flexibility index (Phi) is 6.38. The summed E-state index contributed by atoms with van der Waals surface area (Å²) in [7, 11) is -3.75. The molecule has 0 atom stereocenters. The fourth-order valence-electron chi connectivity index (χ4n) is 2.40. The number of hydrazone groups is 1. The highest BCUT2D eigenvalue weighted by atomic mass is 79.9. The van der Waals surface area contributed by atoms with Crippen molar-refractivity contribution in [3.05, 3.63) is 82.3 Å². The summed E-state index contributed by atoms with van der Waals surface area (Å²) in [4.78, 5) is 12.3. The van der Waals surface area contributed by atoms with Gasteiger partial charge in [-0.1, -0.05) is 22.0 Å². The zero-order chi connectivity index (χ0) is 21.7. The van der Waals surface area contributed by atoms with Crippen LogP contribution < -0.4 is 10.1 Å². The summed E-state index contributed by atoms with van der Waals surface area (Å²) in [5.41, 5.74) is 3.06. The van der Waals surface area contributed by atoms with E-state index in [4.69, 9.17) is 0 Å². The fourth-order valence-corrected chi connectivity index (χ4v) is 3.72. The number of carbonyl (C=O) groups excluding carboxylic acids is 1. The molecule has 10 heteroatoms. The van der Waals surface area contributed by atoms with Crippen LogP contribution in [0.15, 0.2) is 81.2 Å². The van der Waals surface area contributed by atoms with Gasteiger partial charge in [-0.2, -0.15) is 5.10 Å². The number of carbonyl (C=O) groups is 1. The number of benzene rings is 3. The van der Waals surface area contributed by atoms with Crippen molar-refractivity contribution in [1.29, 1.82) is 0 Å². The Morgan fingerprint density at radius 1 is 0.967 bits per heavy atom. The molecule has 0 aromatic heterocycles. The molecular formula is C20H16BrN3O5S. The van der Waals surface area contributed by atoms with E-state index < -0.39 is 15.9 Å². The van der Waals surface area contributed by atoms with Gasteiger partial charge in [-0.05, 0) is 60.7 Å². The maximum Gasteiger partial charge on any atom is 0.271 e. The molecule has 3 rings (SSSR count). The van der Waals surface area contributed by atoms with E-state index in [0.717, 1.165) is 4.47 Å². The number of anilines is 1. The van der Waals surface area contributed by atoms with Crippen LogP contribution in [-0.2, 0) is 10.0 Å². The highest BCUT2D eigenvalue weighted by molar-refractivity contribution is 9.10. The van der Waals surface area contributed by atoms with Gasteiger partial charge < -0.3 is 10.2 Å². The molecule has 0 spiro atoms. The normalized spacial score (nSPS) is 11.4. The first-order valence-electron chi connectivity index (χ1n) is 8.49. The van der Waals surface area contributed by atoms with Gasteiger partial charge in [-0.3, -0.25) is 9.52 Å². The highest BCUT2D eigenvalue weighted by Gasteiger charge is 2.14. The van der Waals surface area contributed by atoms with Crippen molar-refractivity contribution in [2.45, 2.75) is 4.90 Å². The number of sulfonamides is 1. The largest absolute Gasteiger partial charge is 0.504 e. The number of nitrogens with zero attached hydrogens (tertiary/aromatic N) is 1. The minimum absolute atomic E-state index is 0.108. The molecular weight excluding hydrogens is 474 g/mol. The molecule has 0 saturated heterocycles. The zero-order valence-corrected chi connectivity index (χ0v) is 17.7. The number of hydrogen-bond donors (Lipinski definition) is 4. The molecule has 0 radical (unpaired) electrons. The Bertz CT molecular complexity index is 1190. The molecule has 154 valence electrons. The maximum atomic E-state index is 12.4. The molecule has 3 aromatic rings. The average molecular weight is 490 g/mol. The maximum absolute atomic E-state index is 12.4. The molecule has 0 aliphatic heterocycles. The topological polar surface area (TPSA) is 128 Å². The summed E-state index contributed by atoms with van der Waals surface area (Å²) in [6, 6.07) is 16.3. The Hall–Kier alpha value is -3.37. The first-order valence-corrected chi connectivity index (χ1v) is 10.8. The van der Waals surface area contributed by atoms with Crippen molar-refractivity contribution in [2.24, 2.45) is 5.10 Å². The predicted octanol–water partition coefficient (Wildman–Crippen LogP) is 3.43. The van der Waals surface area contributed by atoms with Crippen LogP contribution >= 0.6 is 15.9 Å². The van der Waals surface area contributed by atoms with Crippen LogP contribution in [0.2, 0.25) is 0 Å². The second kappa shape index (κ2) is 8.97. The van der Waals surface area contributed by atoms with Crippen molar-refractivity contribution in [2.75, 3.05) is 4.72 Å². The van der Waals surface area contributed by atoms with Crippen molar-refractivity contribution >= 4 is 43.8 Å². The van der Waals surface area contributed by atoms with Gasteiger partial charge in [-0.15, -0.1) is 0 Å². The molecule has 0 aliphatic rings. The van der Waals surface area contributed by atoms with E-state index in [1.54, 1.807) is 12.1 Å². The van der Waals surface area contributed by atoms with E-state index in [0.29, 0.717) is 5.69 Å². The number of amides is 1. The summed E-state index contributed by atoms with van der Waals surface area (Å²) < 4.78 is 28.0. The van der Waals surface area contributed by atoms with Gasteiger partial charge in [0.1, 0.15) is 0 Å².